The number of carbonyl (C=O) groups excluding carboxylic acids is 2. The summed E-state index contributed by atoms with van der Waals surface area (Å²) in [6.07, 6.45) is 4.88. The Morgan fingerprint density at radius 1 is 1.09 bits per heavy atom. The monoisotopic (exact) mass is 325 g/mol. The molecule has 0 aromatic rings. The molecule has 2 rings (SSSR count). The van der Waals surface area contributed by atoms with Gasteiger partial charge in [0.1, 0.15) is 5.54 Å². The van der Waals surface area contributed by atoms with Gasteiger partial charge in [-0.2, -0.15) is 0 Å². The number of piperidine rings is 1. The summed E-state index contributed by atoms with van der Waals surface area (Å²) in [7, 11) is 3.42. The van der Waals surface area contributed by atoms with E-state index in [-0.39, 0.29) is 17.9 Å². The fourth-order valence-electron chi connectivity index (χ4n) is 3.50. The highest BCUT2D eigenvalue weighted by Gasteiger charge is 2.42. The van der Waals surface area contributed by atoms with E-state index in [0.717, 1.165) is 19.3 Å². The number of nitrogens with one attached hydrogen (secondary N) is 1. The van der Waals surface area contributed by atoms with Crippen LogP contribution >= 0.6 is 0 Å². The second-order valence-electron chi connectivity index (χ2n) is 6.88. The number of carboxylic acids is 1. The van der Waals surface area contributed by atoms with Crippen LogP contribution in [-0.4, -0.2) is 65.5 Å². The first-order chi connectivity index (χ1) is 10.9. The highest BCUT2D eigenvalue weighted by atomic mass is 16.4. The number of rotatable bonds is 3. The van der Waals surface area contributed by atoms with Crippen molar-refractivity contribution in [2.24, 2.45) is 5.92 Å². The van der Waals surface area contributed by atoms with Gasteiger partial charge >= 0.3 is 12.0 Å². The first kappa shape index (κ1) is 17.6. The highest BCUT2D eigenvalue weighted by Crippen LogP contribution is 2.29. The molecule has 0 bridgehead atoms. The second kappa shape index (κ2) is 7.19. The second-order valence-corrected chi connectivity index (χ2v) is 6.88. The van der Waals surface area contributed by atoms with Crippen molar-refractivity contribution < 1.29 is 19.5 Å². The van der Waals surface area contributed by atoms with Gasteiger partial charge in [0, 0.05) is 33.1 Å². The van der Waals surface area contributed by atoms with Gasteiger partial charge in [-0.05, 0) is 25.7 Å². The van der Waals surface area contributed by atoms with Crippen LogP contribution in [0.2, 0.25) is 0 Å². The van der Waals surface area contributed by atoms with Crippen molar-refractivity contribution in [3.8, 4) is 0 Å². The molecule has 23 heavy (non-hydrogen) atoms. The molecular weight excluding hydrogens is 298 g/mol. The predicted molar refractivity (Wildman–Crippen MR) is 85.0 cm³/mol. The van der Waals surface area contributed by atoms with Crippen molar-refractivity contribution >= 4 is 17.9 Å². The lowest BCUT2D eigenvalue weighted by Gasteiger charge is -2.37. The molecule has 1 saturated heterocycles. The van der Waals surface area contributed by atoms with Crippen LogP contribution in [0.25, 0.3) is 0 Å². The Morgan fingerprint density at radius 3 is 2.13 bits per heavy atom. The van der Waals surface area contributed by atoms with Gasteiger partial charge < -0.3 is 20.2 Å². The summed E-state index contributed by atoms with van der Waals surface area (Å²) in [5.74, 6) is -1.31. The summed E-state index contributed by atoms with van der Waals surface area (Å²) in [6, 6.07) is -0.0434. The van der Waals surface area contributed by atoms with E-state index in [1.54, 1.807) is 19.0 Å². The van der Waals surface area contributed by atoms with Gasteiger partial charge in [0.2, 0.25) is 5.91 Å². The van der Waals surface area contributed by atoms with Crippen LogP contribution in [0.5, 0.6) is 0 Å². The number of nitrogens with zero attached hydrogens (tertiary/aromatic N) is 2. The summed E-state index contributed by atoms with van der Waals surface area (Å²) in [4.78, 5) is 39.3. The lowest BCUT2D eigenvalue weighted by Crippen LogP contribution is -2.57. The zero-order valence-electron chi connectivity index (χ0n) is 14.0. The highest BCUT2D eigenvalue weighted by molar-refractivity contribution is 5.88. The molecule has 1 heterocycles. The third kappa shape index (κ3) is 3.95. The van der Waals surface area contributed by atoms with E-state index in [1.807, 2.05) is 0 Å². The third-order valence-corrected chi connectivity index (χ3v) is 5.00. The number of urea groups is 1. The van der Waals surface area contributed by atoms with Gasteiger partial charge in [0.15, 0.2) is 0 Å². The quantitative estimate of drug-likeness (QED) is 0.818. The Balaban J connectivity index is 1.92. The van der Waals surface area contributed by atoms with Gasteiger partial charge in [-0.15, -0.1) is 0 Å². The number of carboxylic acid groups (broad SMARTS) is 1. The molecule has 0 spiro atoms. The van der Waals surface area contributed by atoms with Crippen LogP contribution < -0.4 is 5.32 Å². The Morgan fingerprint density at radius 2 is 1.65 bits per heavy atom. The normalized spacial score (nSPS) is 21.6. The molecule has 0 radical (unpaired) electrons. The van der Waals surface area contributed by atoms with Gasteiger partial charge in [-0.25, -0.2) is 9.59 Å². The SMILES string of the molecule is CN(C)C(=O)N1CCC(C(=O)NC2(C(=O)O)CCCCC2)CC1. The number of aliphatic carboxylic acids is 1. The van der Waals surface area contributed by atoms with E-state index in [1.165, 1.54) is 4.90 Å². The van der Waals surface area contributed by atoms with Crippen molar-refractivity contribution in [3.63, 3.8) is 0 Å². The van der Waals surface area contributed by atoms with Crippen molar-refractivity contribution in [3.05, 3.63) is 0 Å². The van der Waals surface area contributed by atoms with Crippen LogP contribution in [0.4, 0.5) is 4.79 Å². The molecular formula is C16H27N3O4. The van der Waals surface area contributed by atoms with Crippen molar-refractivity contribution in [1.29, 1.82) is 0 Å². The number of hydrogen-bond acceptors (Lipinski definition) is 3. The number of carbonyl (C=O) groups is 3. The van der Waals surface area contributed by atoms with Crippen LogP contribution in [0, 0.1) is 5.92 Å². The molecule has 2 fully saturated rings. The van der Waals surface area contributed by atoms with Gasteiger partial charge in [0.25, 0.3) is 0 Å². The molecule has 1 saturated carbocycles. The van der Waals surface area contributed by atoms with Crippen LogP contribution in [0.3, 0.4) is 0 Å². The van der Waals surface area contributed by atoms with Crippen molar-refractivity contribution in [2.45, 2.75) is 50.5 Å². The van der Waals surface area contributed by atoms with E-state index in [9.17, 15) is 19.5 Å². The Kier molecular flexibility index (Phi) is 5.49. The average molecular weight is 325 g/mol. The molecule has 130 valence electrons. The molecule has 7 nitrogen and oxygen atoms in total. The first-order valence-corrected chi connectivity index (χ1v) is 8.37. The number of amides is 3. The summed E-state index contributed by atoms with van der Waals surface area (Å²) in [5, 5.41) is 12.4. The van der Waals surface area contributed by atoms with Crippen molar-refractivity contribution in [2.75, 3.05) is 27.2 Å². The summed E-state index contributed by atoms with van der Waals surface area (Å²) in [6.45, 7) is 1.07. The molecule has 2 N–H and O–H groups in total. The van der Waals surface area contributed by atoms with Gasteiger partial charge in [-0.1, -0.05) is 19.3 Å². The lowest BCUT2D eigenvalue weighted by molar-refractivity contribution is -0.150. The molecule has 0 atom stereocenters. The van der Waals surface area contributed by atoms with Gasteiger partial charge in [-0.3, -0.25) is 4.79 Å². The largest absolute Gasteiger partial charge is 0.480 e. The fraction of sp³-hybridized carbons (Fsp3) is 0.812. The van der Waals surface area contributed by atoms with Gasteiger partial charge in [0.05, 0.1) is 0 Å². The maximum absolute atomic E-state index is 12.5. The minimum atomic E-state index is -1.09. The minimum absolute atomic E-state index is 0.0434. The molecule has 0 unspecified atom stereocenters. The molecule has 0 aromatic heterocycles. The third-order valence-electron chi connectivity index (χ3n) is 5.00. The zero-order chi connectivity index (χ0) is 17.0. The molecule has 1 aliphatic carbocycles. The maximum Gasteiger partial charge on any atom is 0.329 e. The first-order valence-electron chi connectivity index (χ1n) is 8.37. The molecule has 7 heteroatoms. The Bertz CT molecular complexity index is 464. The molecule has 3 amide bonds. The zero-order valence-corrected chi connectivity index (χ0v) is 14.0. The van der Waals surface area contributed by atoms with Crippen LogP contribution in [0.15, 0.2) is 0 Å². The van der Waals surface area contributed by atoms with Crippen molar-refractivity contribution in [1.82, 2.24) is 15.1 Å². The van der Waals surface area contributed by atoms with E-state index in [4.69, 9.17) is 0 Å². The van der Waals surface area contributed by atoms with E-state index < -0.39 is 11.5 Å². The number of likely N-dealkylation sites (tertiary alicyclic amines) is 1. The molecule has 0 aromatic carbocycles. The smallest absolute Gasteiger partial charge is 0.329 e. The Hall–Kier alpha value is -1.79. The maximum atomic E-state index is 12.5. The molecule has 1 aliphatic heterocycles. The topological polar surface area (TPSA) is 90.0 Å². The van der Waals surface area contributed by atoms with E-state index >= 15 is 0 Å². The average Bonchev–Trinajstić information content (AvgIpc) is 2.55. The molecule has 2 aliphatic rings. The predicted octanol–water partition coefficient (Wildman–Crippen LogP) is 1.28. The van der Waals surface area contributed by atoms with Crippen LogP contribution in [-0.2, 0) is 9.59 Å². The van der Waals surface area contributed by atoms with Crippen LogP contribution in [0.1, 0.15) is 44.9 Å². The summed E-state index contributed by atoms with van der Waals surface area (Å²) in [5.41, 5.74) is -1.09. The Labute approximate surface area is 137 Å². The lowest BCUT2D eigenvalue weighted by atomic mass is 9.81. The minimum Gasteiger partial charge on any atom is -0.480 e. The number of hydrogen-bond donors (Lipinski definition) is 2. The van der Waals surface area contributed by atoms with E-state index in [0.29, 0.717) is 38.8 Å². The summed E-state index contributed by atoms with van der Waals surface area (Å²) < 4.78 is 0. The standard InChI is InChI=1S/C16H27N3O4/c1-18(2)15(23)19-10-6-12(7-11-19)13(20)17-16(14(21)22)8-4-3-5-9-16/h12H,3-11H2,1-2H3,(H,17,20)(H,21,22). The fourth-order valence-corrected chi connectivity index (χ4v) is 3.50. The van der Waals surface area contributed by atoms with E-state index in [2.05, 4.69) is 5.32 Å². The summed E-state index contributed by atoms with van der Waals surface area (Å²) >= 11 is 0.